The van der Waals surface area contributed by atoms with Gasteiger partial charge in [-0.1, -0.05) is 20.8 Å². The van der Waals surface area contributed by atoms with E-state index in [9.17, 15) is 4.79 Å². The molecule has 0 aromatic carbocycles. The van der Waals surface area contributed by atoms with Gasteiger partial charge in [-0.05, 0) is 19.3 Å². The first kappa shape index (κ1) is 14.1. The Morgan fingerprint density at radius 2 is 2.18 bits per heavy atom. The second kappa shape index (κ2) is 6.12. The fraction of sp³-hybridized carbons (Fsp3) is 0.667. The van der Waals surface area contributed by atoms with Gasteiger partial charge in [0.1, 0.15) is 11.0 Å². The summed E-state index contributed by atoms with van der Waals surface area (Å²) in [5.74, 6) is -0.750. The van der Waals surface area contributed by atoms with E-state index in [1.54, 1.807) is 11.3 Å². The molecule has 0 amide bonds. The van der Waals surface area contributed by atoms with Crippen molar-refractivity contribution < 1.29 is 9.90 Å². The average molecular weight is 256 g/mol. The number of aliphatic carboxylic acids is 1. The van der Waals surface area contributed by atoms with Gasteiger partial charge in [0, 0.05) is 11.1 Å². The first-order chi connectivity index (χ1) is 7.95. The lowest BCUT2D eigenvalue weighted by Gasteiger charge is -2.21. The SMILES string of the molecule is CCc1cnc(C(C)NC(C(=O)O)C(C)C)s1. The molecule has 0 saturated heterocycles. The molecule has 1 heterocycles. The first-order valence-corrected chi connectivity index (χ1v) is 6.70. The summed E-state index contributed by atoms with van der Waals surface area (Å²) in [7, 11) is 0. The maximum absolute atomic E-state index is 11.1. The second-order valence-corrected chi connectivity index (χ2v) is 5.61. The predicted molar refractivity (Wildman–Crippen MR) is 69.3 cm³/mol. The third-order valence-electron chi connectivity index (χ3n) is 2.65. The Bertz CT molecular complexity index is 376. The van der Waals surface area contributed by atoms with Crippen molar-refractivity contribution >= 4 is 17.3 Å². The van der Waals surface area contributed by atoms with Crippen LogP contribution in [0, 0.1) is 5.92 Å². The largest absolute Gasteiger partial charge is 0.480 e. The van der Waals surface area contributed by atoms with Gasteiger partial charge in [0.25, 0.3) is 0 Å². The molecule has 0 radical (unpaired) electrons. The molecule has 5 heteroatoms. The standard InChI is InChI=1S/C12H20N2O2S/c1-5-9-6-13-11(17-9)8(4)14-10(7(2)3)12(15)16/h6-8,10,14H,5H2,1-4H3,(H,15,16). The van der Waals surface area contributed by atoms with E-state index in [-0.39, 0.29) is 12.0 Å². The highest BCUT2D eigenvalue weighted by Gasteiger charge is 2.24. The van der Waals surface area contributed by atoms with Crippen LogP contribution in [0.3, 0.4) is 0 Å². The number of hydrogen-bond acceptors (Lipinski definition) is 4. The molecule has 2 unspecified atom stereocenters. The van der Waals surface area contributed by atoms with Crippen molar-refractivity contribution in [2.75, 3.05) is 0 Å². The minimum Gasteiger partial charge on any atom is -0.480 e. The zero-order valence-corrected chi connectivity index (χ0v) is 11.5. The van der Waals surface area contributed by atoms with Crippen LogP contribution in [0.5, 0.6) is 0 Å². The minimum atomic E-state index is -0.806. The Morgan fingerprint density at radius 1 is 1.53 bits per heavy atom. The number of aryl methyl sites for hydroxylation is 1. The van der Waals surface area contributed by atoms with E-state index >= 15 is 0 Å². The van der Waals surface area contributed by atoms with Gasteiger partial charge in [0.15, 0.2) is 0 Å². The number of hydrogen-bond donors (Lipinski definition) is 2. The average Bonchev–Trinajstić information content (AvgIpc) is 2.73. The molecule has 1 aromatic heterocycles. The van der Waals surface area contributed by atoms with Crippen LogP contribution in [-0.2, 0) is 11.2 Å². The van der Waals surface area contributed by atoms with Gasteiger partial charge < -0.3 is 5.11 Å². The monoisotopic (exact) mass is 256 g/mol. The molecule has 1 rings (SSSR count). The first-order valence-electron chi connectivity index (χ1n) is 5.89. The highest BCUT2D eigenvalue weighted by molar-refractivity contribution is 7.11. The highest BCUT2D eigenvalue weighted by atomic mass is 32.1. The quantitative estimate of drug-likeness (QED) is 0.820. The second-order valence-electron chi connectivity index (χ2n) is 4.47. The molecule has 0 spiro atoms. The van der Waals surface area contributed by atoms with Crippen molar-refractivity contribution in [3.63, 3.8) is 0 Å². The lowest BCUT2D eigenvalue weighted by atomic mass is 10.0. The van der Waals surface area contributed by atoms with Crippen molar-refractivity contribution in [2.24, 2.45) is 5.92 Å². The Balaban J connectivity index is 2.69. The maximum atomic E-state index is 11.1. The van der Waals surface area contributed by atoms with Crippen molar-refractivity contribution in [1.82, 2.24) is 10.3 Å². The number of carboxylic acid groups (broad SMARTS) is 1. The van der Waals surface area contributed by atoms with Gasteiger partial charge >= 0.3 is 5.97 Å². The van der Waals surface area contributed by atoms with E-state index in [1.807, 2.05) is 27.0 Å². The van der Waals surface area contributed by atoms with Crippen molar-refractivity contribution in [3.8, 4) is 0 Å². The molecule has 2 N–H and O–H groups in total. The molecule has 0 aliphatic rings. The fourth-order valence-electron chi connectivity index (χ4n) is 1.58. The molecule has 0 aliphatic heterocycles. The Kier molecular flexibility index (Phi) is 5.08. The topological polar surface area (TPSA) is 62.2 Å². The van der Waals surface area contributed by atoms with Crippen LogP contribution in [0.25, 0.3) is 0 Å². The van der Waals surface area contributed by atoms with E-state index in [2.05, 4.69) is 17.2 Å². The molecule has 1 aromatic rings. The number of rotatable bonds is 6. The summed E-state index contributed by atoms with van der Waals surface area (Å²) in [6.07, 6.45) is 2.83. The van der Waals surface area contributed by atoms with Crippen LogP contribution < -0.4 is 5.32 Å². The van der Waals surface area contributed by atoms with Crippen LogP contribution in [-0.4, -0.2) is 22.1 Å². The summed E-state index contributed by atoms with van der Waals surface area (Å²) in [4.78, 5) is 16.6. The summed E-state index contributed by atoms with van der Waals surface area (Å²) >= 11 is 1.64. The van der Waals surface area contributed by atoms with Crippen LogP contribution in [0.2, 0.25) is 0 Å². The van der Waals surface area contributed by atoms with Gasteiger partial charge in [-0.25, -0.2) is 4.98 Å². The zero-order chi connectivity index (χ0) is 13.0. The summed E-state index contributed by atoms with van der Waals surface area (Å²) in [5.41, 5.74) is 0. The van der Waals surface area contributed by atoms with E-state index < -0.39 is 12.0 Å². The number of carboxylic acids is 1. The molecule has 0 fully saturated rings. The summed E-state index contributed by atoms with van der Waals surface area (Å²) in [5, 5.41) is 13.2. The highest BCUT2D eigenvalue weighted by Crippen LogP contribution is 2.21. The molecule has 96 valence electrons. The molecular formula is C12H20N2O2S. The van der Waals surface area contributed by atoms with Gasteiger partial charge in [-0.2, -0.15) is 0 Å². The molecule has 17 heavy (non-hydrogen) atoms. The minimum absolute atomic E-state index is 0.0243. The van der Waals surface area contributed by atoms with Crippen LogP contribution >= 0.6 is 11.3 Å². The normalized spacial score (nSPS) is 14.9. The number of nitrogens with zero attached hydrogens (tertiary/aromatic N) is 1. The fourth-order valence-corrected chi connectivity index (χ4v) is 2.44. The molecule has 0 saturated carbocycles. The summed E-state index contributed by atoms with van der Waals surface area (Å²) in [6.45, 7) is 7.84. The van der Waals surface area contributed by atoms with Crippen molar-refractivity contribution in [2.45, 2.75) is 46.2 Å². The lowest BCUT2D eigenvalue weighted by Crippen LogP contribution is -2.42. The number of thiazole rings is 1. The maximum Gasteiger partial charge on any atom is 0.320 e. The number of carbonyl (C=O) groups is 1. The van der Waals surface area contributed by atoms with Crippen molar-refractivity contribution in [3.05, 3.63) is 16.1 Å². The summed E-state index contributed by atoms with van der Waals surface area (Å²) < 4.78 is 0. The summed E-state index contributed by atoms with van der Waals surface area (Å²) in [6, 6.07) is -0.553. The van der Waals surface area contributed by atoms with E-state index in [0.29, 0.717) is 0 Å². The van der Waals surface area contributed by atoms with Gasteiger partial charge in [0.05, 0.1) is 6.04 Å². The molecular weight excluding hydrogens is 236 g/mol. The Labute approximate surface area is 106 Å². The predicted octanol–water partition coefficient (Wildman–Crippen LogP) is 2.47. The lowest BCUT2D eigenvalue weighted by molar-refractivity contribution is -0.140. The van der Waals surface area contributed by atoms with Crippen LogP contribution in [0.1, 0.15) is 43.6 Å². The van der Waals surface area contributed by atoms with E-state index in [0.717, 1.165) is 11.4 Å². The van der Waals surface area contributed by atoms with Crippen molar-refractivity contribution in [1.29, 1.82) is 0 Å². The van der Waals surface area contributed by atoms with Gasteiger partial charge in [0.2, 0.25) is 0 Å². The van der Waals surface area contributed by atoms with E-state index in [1.165, 1.54) is 4.88 Å². The van der Waals surface area contributed by atoms with Gasteiger partial charge in [-0.3, -0.25) is 10.1 Å². The molecule has 0 bridgehead atoms. The van der Waals surface area contributed by atoms with Crippen LogP contribution in [0.4, 0.5) is 0 Å². The third-order valence-corrected chi connectivity index (χ3v) is 3.98. The smallest absolute Gasteiger partial charge is 0.320 e. The molecule has 0 aliphatic carbocycles. The van der Waals surface area contributed by atoms with Crippen LogP contribution in [0.15, 0.2) is 6.20 Å². The number of nitrogens with one attached hydrogen (secondary N) is 1. The van der Waals surface area contributed by atoms with Gasteiger partial charge in [-0.15, -0.1) is 11.3 Å². The zero-order valence-electron chi connectivity index (χ0n) is 10.7. The number of aromatic nitrogens is 1. The molecule has 2 atom stereocenters. The Morgan fingerprint density at radius 3 is 2.59 bits per heavy atom. The van der Waals surface area contributed by atoms with E-state index in [4.69, 9.17) is 5.11 Å². The third kappa shape index (κ3) is 3.78. The Hall–Kier alpha value is -0.940. The molecule has 4 nitrogen and oxygen atoms in total.